The topological polar surface area (TPSA) is 38.3 Å². The molecule has 2 aromatic carbocycles. The molecule has 1 atom stereocenters. The van der Waals surface area contributed by atoms with Crippen LogP contribution in [0.2, 0.25) is 5.02 Å². The Morgan fingerprint density at radius 2 is 1.79 bits per heavy atom. The third-order valence-corrected chi connectivity index (χ3v) is 4.61. The molecule has 0 heterocycles. The molecule has 2 rings (SSSR count). The molecule has 1 unspecified atom stereocenters. The number of carbonyl (C=O) groups excluding carboxylic acids is 1. The zero-order valence-corrected chi connectivity index (χ0v) is 15.6. The predicted octanol–water partition coefficient (Wildman–Crippen LogP) is 4.56. The molecule has 1 N–H and O–H groups in total. The van der Waals surface area contributed by atoms with E-state index >= 15 is 0 Å². The van der Waals surface area contributed by atoms with Gasteiger partial charge in [0.15, 0.2) is 0 Å². The summed E-state index contributed by atoms with van der Waals surface area (Å²) >= 11 is 6.08. The van der Waals surface area contributed by atoms with E-state index in [1.54, 1.807) is 7.11 Å². The molecule has 0 aliphatic rings. The van der Waals surface area contributed by atoms with Gasteiger partial charge in [-0.2, -0.15) is 0 Å². The van der Waals surface area contributed by atoms with Crippen LogP contribution in [0.25, 0.3) is 0 Å². The highest BCUT2D eigenvalue weighted by Crippen LogP contribution is 2.26. The Labute approximate surface area is 149 Å². The lowest BCUT2D eigenvalue weighted by atomic mass is 9.94. The molecule has 2 aromatic rings. The van der Waals surface area contributed by atoms with Crippen LogP contribution in [0.3, 0.4) is 0 Å². The maximum atomic E-state index is 12.7. The highest BCUT2D eigenvalue weighted by atomic mass is 35.5. The number of benzene rings is 2. The lowest BCUT2D eigenvalue weighted by Gasteiger charge is -2.29. The maximum Gasteiger partial charge on any atom is 0.251 e. The Bertz CT molecular complexity index is 734. The average Bonchev–Trinajstić information content (AvgIpc) is 2.51. The molecule has 0 aromatic heterocycles. The van der Waals surface area contributed by atoms with Crippen molar-refractivity contribution in [3.05, 3.63) is 69.2 Å². The summed E-state index contributed by atoms with van der Waals surface area (Å²) in [7, 11) is 1.63. The van der Waals surface area contributed by atoms with Crippen LogP contribution in [0, 0.1) is 20.8 Å². The van der Waals surface area contributed by atoms with Gasteiger partial charge in [0.2, 0.25) is 0 Å². The molecule has 128 valence electrons. The Balaban J connectivity index is 2.21. The number of aryl methyl sites for hydroxylation is 3. The zero-order valence-electron chi connectivity index (χ0n) is 14.9. The summed E-state index contributed by atoms with van der Waals surface area (Å²) in [5, 5.41) is 3.65. The van der Waals surface area contributed by atoms with Gasteiger partial charge in [0, 0.05) is 17.7 Å². The van der Waals surface area contributed by atoms with E-state index in [0.717, 1.165) is 27.8 Å². The van der Waals surface area contributed by atoms with Gasteiger partial charge in [-0.3, -0.25) is 4.79 Å². The smallest absolute Gasteiger partial charge is 0.251 e. The van der Waals surface area contributed by atoms with Gasteiger partial charge in [-0.05, 0) is 56.5 Å². The van der Waals surface area contributed by atoms with Gasteiger partial charge in [-0.1, -0.05) is 41.4 Å². The molecular weight excluding hydrogens is 322 g/mol. The maximum absolute atomic E-state index is 12.7. The summed E-state index contributed by atoms with van der Waals surface area (Å²) < 4.78 is 5.67. The van der Waals surface area contributed by atoms with E-state index in [9.17, 15) is 4.79 Å². The van der Waals surface area contributed by atoms with Gasteiger partial charge in [0.25, 0.3) is 5.91 Å². The molecule has 0 radical (unpaired) electrons. The number of amides is 1. The molecule has 0 aliphatic heterocycles. The Hall–Kier alpha value is -1.84. The summed E-state index contributed by atoms with van der Waals surface area (Å²) in [5.74, 6) is -0.0877. The number of methoxy groups -OCH3 is 1. The quantitative estimate of drug-likeness (QED) is 0.862. The van der Waals surface area contributed by atoms with Crippen molar-refractivity contribution in [2.45, 2.75) is 33.3 Å². The van der Waals surface area contributed by atoms with Crippen molar-refractivity contribution in [2.75, 3.05) is 13.7 Å². The molecule has 1 amide bonds. The van der Waals surface area contributed by atoms with Gasteiger partial charge < -0.3 is 10.1 Å². The second-order valence-corrected chi connectivity index (χ2v) is 6.84. The Kier molecular flexibility index (Phi) is 5.68. The minimum absolute atomic E-state index is 0.0877. The second kappa shape index (κ2) is 7.37. The van der Waals surface area contributed by atoms with Crippen LogP contribution < -0.4 is 5.32 Å². The number of rotatable bonds is 5. The zero-order chi connectivity index (χ0) is 17.9. The molecule has 0 spiro atoms. The second-order valence-electron chi connectivity index (χ2n) is 6.40. The number of hydrogen-bond acceptors (Lipinski definition) is 2. The van der Waals surface area contributed by atoms with Crippen molar-refractivity contribution in [1.82, 2.24) is 5.32 Å². The number of hydrogen-bond donors (Lipinski definition) is 1. The van der Waals surface area contributed by atoms with Gasteiger partial charge >= 0.3 is 0 Å². The molecule has 0 fully saturated rings. The van der Waals surface area contributed by atoms with E-state index in [2.05, 4.69) is 5.32 Å². The van der Waals surface area contributed by atoms with E-state index in [-0.39, 0.29) is 5.91 Å². The molecular formula is C20H24ClNO2. The Morgan fingerprint density at radius 3 is 2.33 bits per heavy atom. The van der Waals surface area contributed by atoms with Gasteiger partial charge in [0.1, 0.15) is 5.60 Å². The first kappa shape index (κ1) is 18.5. The minimum Gasteiger partial charge on any atom is -0.372 e. The highest BCUT2D eigenvalue weighted by Gasteiger charge is 2.27. The molecule has 0 bridgehead atoms. The first-order valence-corrected chi connectivity index (χ1v) is 8.32. The molecule has 24 heavy (non-hydrogen) atoms. The number of nitrogens with one attached hydrogen (secondary N) is 1. The SMILES string of the molecule is COC(C)(CNC(=O)c1c(C)cc(C)cc1C)c1cccc(Cl)c1. The standard InChI is InChI=1S/C20H24ClNO2/c1-13-9-14(2)18(15(3)10-13)19(23)22-12-20(4,24-5)16-7-6-8-17(21)11-16/h6-11H,12H2,1-5H3,(H,22,23). The highest BCUT2D eigenvalue weighted by molar-refractivity contribution is 6.30. The van der Waals surface area contributed by atoms with Crippen LogP contribution in [0.4, 0.5) is 0 Å². The molecule has 0 aliphatic carbocycles. The molecule has 0 saturated carbocycles. The summed E-state index contributed by atoms with van der Waals surface area (Å²) in [4.78, 5) is 12.7. The van der Waals surface area contributed by atoms with Crippen molar-refractivity contribution >= 4 is 17.5 Å². The fraction of sp³-hybridized carbons (Fsp3) is 0.350. The number of halogens is 1. The van der Waals surface area contributed by atoms with Crippen molar-refractivity contribution in [1.29, 1.82) is 0 Å². The predicted molar refractivity (Wildman–Crippen MR) is 98.8 cm³/mol. The lowest BCUT2D eigenvalue weighted by molar-refractivity contribution is 0.00314. The van der Waals surface area contributed by atoms with Gasteiger partial charge in [-0.25, -0.2) is 0 Å². The summed E-state index contributed by atoms with van der Waals surface area (Å²) in [5.41, 5.74) is 4.12. The first-order valence-electron chi connectivity index (χ1n) is 7.94. The van der Waals surface area contributed by atoms with E-state index in [0.29, 0.717) is 11.6 Å². The van der Waals surface area contributed by atoms with Crippen molar-refractivity contribution in [2.24, 2.45) is 0 Å². The lowest BCUT2D eigenvalue weighted by Crippen LogP contribution is -2.40. The summed E-state index contributed by atoms with van der Waals surface area (Å²) in [6.45, 7) is 8.24. The fourth-order valence-corrected chi connectivity index (χ4v) is 3.18. The van der Waals surface area contributed by atoms with Gasteiger partial charge in [0.05, 0.1) is 6.54 Å². The van der Waals surface area contributed by atoms with E-state index < -0.39 is 5.60 Å². The van der Waals surface area contributed by atoms with Crippen molar-refractivity contribution < 1.29 is 9.53 Å². The Morgan fingerprint density at radius 1 is 1.17 bits per heavy atom. The summed E-state index contributed by atoms with van der Waals surface area (Å²) in [6.07, 6.45) is 0. The van der Waals surface area contributed by atoms with E-state index in [4.69, 9.17) is 16.3 Å². The monoisotopic (exact) mass is 345 g/mol. The van der Waals surface area contributed by atoms with Crippen molar-refractivity contribution in [3.63, 3.8) is 0 Å². The molecule has 0 saturated heterocycles. The normalized spacial score (nSPS) is 13.4. The van der Waals surface area contributed by atoms with Crippen LogP contribution >= 0.6 is 11.6 Å². The fourth-order valence-electron chi connectivity index (χ4n) is 2.99. The van der Waals surface area contributed by atoms with Gasteiger partial charge in [-0.15, -0.1) is 0 Å². The van der Waals surface area contributed by atoms with Crippen LogP contribution in [-0.4, -0.2) is 19.6 Å². The third kappa shape index (κ3) is 3.97. The molecule has 3 nitrogen and oxygen atoms in total. The van der Waals surface area contributed by atoms with E-state index in [1.807, 2.05) is 64.1 Å². The first-order chi connectivity index (χ1) is 11.3. The number of ether oxygens (including phenoxy) is 1. The van der Waals surface area contributed by atoms with Crippen LogP contribution in [0.1, 0.15) is 39.5 Å². The third-order valence-electron chi connectivity index (χ3n) is 4.38. The van der Waals surface area contributed by atoms with Crippen LogP contribution in [0.15, 0.2) is 36.4 Å². The average molecular weight is 346 g/mol. The van der Waals surface area contributed by atoms with E-state index in [1.165, 1.54) is 0 Å². The largest absolute Gasteiger partial charge is 0.372 e. The number of carbonyl (C=O) groups is 1. The van der Waals surface area contributed by atoms with Crippen LogP contribution in [-0.2, 0) is 10.3 Å². The molecule has 4 heteroatoms. The minimum atomic E-state index is -0.646. The van der Waals surface area contributed by atoms with Crippen molar-refractivity contribution in [3.8, 4) is 0 Å². The summed E-state index contributed by atoms with van der Waals surface area (Å²) in [6, 6.07) is 11.6. The van der Waals surface area contributed by atoms with Crippen LogP contribution in [0.5, 0.6) is 0 Å².